The number of carbonyl (C=O) groups is 2. The number of hydrogen-bond donors (Lipinski definition) is 0. The van der Waals surface area contributed by atoms with Gasteiger partial charge in [-0.05, 0) is 42.1 Å². The first-order valence-electron chi connectivity index (χ1n) is 12.8. The second-order valence-corrected chi connectivity index (χ2v) is 16.7. The molecular formula is C28H43NO5Si. The van der Waals surface area contributed by atoms with Crippen LogP contribution in [0.5, 0.6) is 0 Å². The van der Waals surface area contributed by atoms with Crippen molar-refractivity contribution in [3.05, 3.63) is 47.2 Å². The molecule has 194 valence electrons. The number of nitrogens with zero attached hydrogens (tertiary/aromatic N) is 1. The van der Waals surface area contributed by atoms with Gasteiger partial charge in [0.05, 0.1) is 24.7 Å². The fourth-order valence-corrected chi connectivity index (χ4v) is 6.15. The number of benzene rings is 1. The van der Waals surface area contributed by atoms with Crippen LogP contribution in [0.1, 0.15) is 54.0 Å². The highest BCUT2D eigenvalue weighted by Crippen LogP contribution is 2.49. The van der Waals surface area contributed by atoms with Crippen LogP contribution in [0.25, 0.3) is 0 Å². The highest BCUT2D eigenvalue weighted by Gasteiger charge is 2.61. The van der Waals surface area contributed by atoms with Gasteiger partial charge in [0.15, 0.2) is 8.32 Å². The lowest BCUT2D eigenvalue weighted by molar-refractivity contribution is -0.163. The van der Waals surface area contributed by atoms with Crippen LogP contribution >= 0.6 is 0 Å². The van der Waals surface area contributed by atoms with Crippen LogP contribution < -0.4 is 0 Å². The predicted molar refractivity (Wildman–Crippen MR) is 140 cm³/mol. The topological polar surface area (TPSA) is 65.1 Å². The molecule has 6 nitrogen and oxygen atoms in total. The number of carbonyl (C=O) groups excluding carboxylic acids is 2. The van der Waals surface area contributed by atoms with Crippen molar-refractivity contribution in [3.8, 4) is 0 Å². The van der Waals surface area contributed by atoms with Gasteiger partial charge in [-0.15, -0.1) is 0 Å². The maximum atomic E-state index is 13.5. The Bertz CT molecular complexity index is 950. The second-order valence-electron chi connectivity index (χ2n) is 11.9. The molecule has 0 unspecified atom stereocenters. The minimum Gasteiger partial charge on any atom is -0.456 e. The monoisotopic (exact) mass is 501 g/mol. The van der Waals surface area contributed by atoms with E-state index in [2.05, 4.69) is 54.6 Å². The summed E-state index contributed by atoms with van der Waals surface area (Å²) < 4.78 is 18.2. The van der Waals surface area contributed by atoms with Crippen molar-refractivity contribution in [2.24, 2.45) is 17.8 Å². The highest BCUT2D eigenvalue weighted by molar-refractivity contribution is 6.74. The van der Waals surface area contributed by atoms with E-state index in [9.17, 15) is 9.59 Å². The lowest BCUT2D eigenvalue weighted by Gasteiger charge is -2.50. The van der Waals surface area contributed by atoms with Crippen LogP contribution in [-0.2, 0) is 30.1 Å². The summed E-state index contributed by atoms with van der Waals surface area (Å²) in [5, 5.41) is 0.0511. The van der Waals surface area contributed by atoms with Crippen LogP contribution in [0.3, 0.4) is 0 Å². The molecule has 0 saturated carbocycles. The molecule has 1 saturated heterocycles. The van der Waals surface area contributed by atoms with Crippen molar-refractivity contribution in [2.75, 3.05) is 13.2 Å². The van der Waals surface area contributed by atoms with E-state index >= 15 is 0 Å². The van der Waals surface area contributed by atoms with Crippen LogP contribution in [-0.4, -0.2) is 50.5 Å². The van der Waals surface area contributed by atoms with Gasteiger partial charge < -0.3 is 18.8 Å². The first-order valence-corrected chi connectivity index (χ1v) is 15.7. The maximum Gasteiger partial charge on any atom is 0.355 e. The summed E-state index contributed by atoms with van der Waals surface area (Å²) in [4.78, 5) is 28.4. The van der Waals surface area contributed by atoms with Gasteiger partial charge in [-0.25, -0.2) is 4.79 Å². The van der Waals surface area contributed by atoms with Crippen LogP contribution in [0, 0.1) is 17.8 Å². The SMILES string of the molecule is CC(C)COCC1=C(C(=O)OCc2ccccc2)N2C(=O)[C@H]([C@@H](C)O[Si](C)(C)C(C)(C)C)[C@H]2[C@H]1C. The summed E-state index contributed by atoms with van der Waals surface area (Å²) in [5.41, 5.74) is 2.12. The van der Waals surface area contributed by atoms with E-state index in [-0.39, 0.29) is 41.5 Å². The molecule has 0 radical (unpaired) electrons. The summed E-state index contributed by atoms with van der Waals surface area (Å²) in [7, 11) is -2.05. The van der Waals surface area contributed by atoms with E-state index in [0.29, 0.717) is 24.8 Å². The first kappa shape index (κ1) is 27.6. The van der Waals surface area contributed by atoms with E-state index < -0.39 is 14.3 Å². The maximum absolute atomic E-state index is 13.5. The molecule has 1 aromatic carbocycles. The Morgan fingerprint density at radius 2 is 1.71 bits per heavy atom. The van der Waals surface area contributed by atoms with E-state index in [1.165, 1.54) is 0 Å². The van der Waals surface area contributed by atoms with Crippen LogP contribution in [0.4, 0.5) is 0 Å². The molecule has 0 N–H and O–H groups in total. The fraction of sp³-hybridized carbons (Fsp3) is 0.643. The van der Waals surface area contributed by atoms with Gasteiger partial charge in [-0.3, -0.25) is 4.79 Å². The van der Waals surface area contributed by atoms with E-state index in [1.54, 1.807) is 4.90 Å². The highest BCUT2D eigenvalue weighted by atomic mass is 28.4. The minimum atomic E-state index is -2.05. The Balaban J connectivity index is 1.81. The van der Waals surface area contributed by atoms with Gasteiger partial charge in [0.25, 0.3) is 0 Å². The Labute approximate surface area is 212 Å². The normalized spacial score (nSPS) is 23.4. The molecule has 1 amide bonds. The predicted octanol–water partition coefficient (Wildman–Crippen LogP) is 5.54. The summed E-state index contributed by atoms with van der Waals surface area (Å²) in [6.45, 7) is 20.4. The van der Waals surface area contributed by atoms with Gasteiger partial charge in [-0.1, -0.05) is 71.9 Å². The minimum absolute atomic E-state index is 0.00500. The van der Waals surface area contributed by atoms with Crippen molar-refractivity contribution < 1.29 is 23.5 Å². The van der Waals surface area contributed by atoms with Gasteiger partial charge in [0.1, 0.15) is 12.3 Å². The molecule has 2 aliphatic heterocycles. The van der Waals surface area contributed by atoms with E-state index in [0.717, 1.165) is 11.1 Å². The summed E-state index contributed by atoms with van der Waals surface area (Å²) >= 11 is 0. The number of ether oxygens (including phenoxy) is 2. The molecule has 35 heavy (non-hydrogen) atoms. The summed E-state index contributed by atoms with van der Waals surface area (Å²) in [6.07, 6.45) is -0.218. The molecule has 0 spiro atoms. The Hall–Kier alpha value is -1.96. The van der Waals surface area contributed by atoms with Crippen LogP contribution in [0.15, 0.2) is 41.6 Å². The van der Waals surface area contributed by atoms with Gasteiger partial charge in [-0.2, -0.15) is 0 Å². The fourth-order valence-electron chi connectivity index (χ4n) is 4.72. The average Bonchev–Trinajstić information content (AvgIpc) is 3.00. The smallest absolute Gasteiger partial charge is 0.355 e. The number of β-lactam (4-membered cyclic amide) rings is 1. The lowest BCUT2D eigenvalue weighted by atomic mass is 9.78. The summed E-state index contributed by atoms with van der Waals surface area (Å²) in [5.74, 6) is -0.423. The third-order valence-corrected chi connectivity index (χ3v) is 12.3. The standard InChI is InChI=1S/C28H43NO5Si/c1-18(2)15-32-17-22-19(3)24-23(20(4)34-35(8,9)28(5,6)7)26(30)29(24)25(22)27(31)33-16-21-13-11-10-12-14-21/h10-14,18-20,23-24H,15-17H2,1-9H3/t19-,20+,23+,24+/m0/s1. The number of fused-ring (bicyclic) bond motifs is 1. The molecule has 7 heteroatoms. The largest absolute Gasteiger partial charge is 0.456 e. The van der Waals surface area contributed by atoms with Crippen molar-refractivity contribution in [1.29, 1.82) is 0 Å². The number of rotatable bonds is 10. The molecule has 2 aliphatic rings. The van der Waals surface area contributed by atoms with Crippen molar-refractivity contribution in [1.82, 2.24) is 4.90 Å². The first-order chi connectivity index (χ1) is 16.3. The lowest BCUT2D eigenvalue weighted by Crippen LogP contribution is -2.65. The number of esters is 1. The molecule has 2 heterocycles. The third kappa shape index (κ3) is 5.73. The quantitative estimate of drug-likeness (QED) is 0.239. The zero-order chi connectivity index (χ0) is 26.1. The van der Waals surface area contributed by atoms with Gasteiger partial charge >= 0.3 is 5.97 Å². The molecular weight excluding hydrogens is 458 g/mol. The molecule has 1 aromatic rings. The van der Waals surface area contributed by atoms with Crippen molar-refractivity contribution >= 4 is 20.2 Å². The summed E-state index contributed by atoms with van der Waals surface area (Å²) in [6, 6.07) is 9.47. The molecule has 3 rings (SSSR count). The van der Waals surface area contributed by atoms with Gasteiger partial charge in [0.2, 0.25) is 5.91 Å². The van der Waals surface area contributed by atoms with Crippen molar-refractivity contribution in [2.45, 2.75) is 85.4 Å². The molecule has 1 fully saturated rings. The molecule has 0 aliphatic carbocycles. The molecule has 4 atom stereocenters. The van der Waals surface area contributed by atoms with Crippen LogP contribution in [0.2, 0.25) is 18.1 Å². The third-order valence-electron chi connectivity index (χ3n) is 7.70. The number of hydrogen-bond acceptors (Lipinski definition) is 5. The van der Waals surface area contributed by atoms with Crippen molar-refractivity contribution in [3.63, 3.8) is 0 Å². The molecule has 0 bridgehead atoms. The van der Waals surface area contributed by atoms with Gasteiger partial charge in [0, 0.05) is 12.5 Å². The van der Waals surface area contributed by atoms with E-state index in [1.807, 2.05) is 37.3 Å². The Morgan fingerprint density at radius 1 is 1.09 bits per heavy atom. The Morgan fingerprint density at radius 3 is 2.29 bits per heavy atom. The zero-order valence-corrected chi connectivity index (χ0v) is 23.9. The molecule has 0 aromatic heterocycles. The average molecular weight is 502 g/mol. The van der Waals surface area contributed by atoms with E-state index in [4.69, 9.17) is 13.9 Å². The zero-order valence-electron chi connectivity index (χ0n) is 22.9. The second kappa shape index (κ2) is 10.6. The Kier molecular flexibility index (Phi) is 8.34. The number of amides is 1.